The van der Waals surface area contributed by atoms with Crippen LogP contribution in [0, 0.1) is 0 Å². The maximum absolute atomic E-state index is 11.1. The summed E-state index contributed by atoms with van der Waals surface area (Å²) in [6.45, 7) is 1.06. The SMILES string of the molecule is C/C=C(OCCOc1ccccc1N(CC(=O)O)CC(=O)O)\C(=C/C)N(CC(=O)O)CC(=O)O. The summed E-state index contributed by atoms with van der Waals surface area (Å²) in [6, 6.07) is 6.35. The largest absolute Gasteiger partial charge is 0.488 e. The molecular formula is C22H28N2O10. The number of carboxylic acids is 4. The number of carbonyl (C=O) groups is 4. The number of anilines is 1. The maximum atomic E-state index is 11.1. The Kier molecular flexibility index (Phi) is 11.5. The lowest BCUT2D eigenvalue weighted by Gasteiger charge is -2.26. The predicted octanol–water partition coefficient (Wildman–Crippen LogP) is 1.34. The minimum Gasteiger partial charge on any atom is -0.488 e. The molecule has 186 valence electrons. The standard InChI is InChI=1S/C22H28N2O10/c1-3-15(23(11-19(25)26)12-20(27)28)17(4-2)33-9-10-34-18-8-6-5-7-16(18)24(13-21(29)30)14-22(31)32/h3-8H,9-14H2,1-2H3,(H,25,26)(H,27,28)(H,29,30)(H,31,32)/b15-3+,17-4+. The molecule has 34 heavy (non-hydrogen) atoms. The summed E-state index contributed by atoms with van der Waals surface area (Å²) in [7, 11) is 0. The number of rotatable bonds is 16. The summed E-state index contributed by atoms with van der Waals surface area (Å²) >= 11 is 0. The van der Waals surface area contributed by atoms with Crippen LogP contribution in [0.25, 0.3) is 0 Å². The van der Waals surface area contributed by atoms with Crippen molar-refractivity contribution in [1.29, 1.82) is 0 Å². The van der Waals surface area contributed by atoms with Gasteiger partial charge >= 0.3 is 23.9 Å². The lowest BCUT2D eigenvalue weighted by atomic mass is 10.2. The summed E-state index contributed by atoms with van der Waals surface area (Å²) in [5, 5.41) is 36.4. The van der Waals surface area contributed by atoms with Crippen LogP contribution in [0.4, 0.5) is 5.69 Å². The number of aliphatic carboxylic acids is 4. The van der Waals surface area contributed by atoms with E-state index in [1.54, 1.807) is 38.1 Å². The molecule has 0 aromatic heterocycles. The molecule has 0 aliphatic rings. The number of ether oxygens (including phenoxy) is 2. The highest BCUT2D eigenvalue weighted by Crippen LogP contribution is 2.28. The van der Waals surface area contributed by atoms with Crippen molar-refractivity contribution in [3.8, 4) is 5.75 Å². The monoisotopic (exact) mass is 480 g/mol. The second-order valence-electron chi connectivity index (χ2n) is 6.78. The lowest BCUT2D eigenvalue weighted by molar-refractivity contribution is -0.141. The van der Waals surface area contributed by atoms with E-state index in [2.05, 4.69) is 0 Å². The summed E-state index contributed by atoms with van der Waals surface area (Å²) in [5.74, 6) is -4.32. The van der Waals surface area contributed by atoms with Crippen LogP contribution in [0.2, 0.25) is 0 Å². The first-order valence-electron chi connectivity index (χ1n) is 10.1. The lowest BCUT2D eigenvalue weighted by Crippen LogP contribution is -2.35. The number of carboxylic acid groups (broad SMARTS) is 4. The highest BCUT2D eigenvalue weighted by molar-refractivity contribution is 5.81. The number of para-hydroxylation sites is 2. The highest BCUT2D eigenvalue weighted by Gasteiger charge is 2.20. The van der Waals surface area contributed by atoms with Crippen LogP contribution in [0.15, 0.2) is 47.9 Å². The van der Waals surface area contributed by atoms with E-state index in [0.29, 0.717) is 0 Å². The molecule has 0 saturated carbocycles. The van der Waals surface area contributed by atoms with Crippen molar-refractivity contribution in [3.63, 3.8) is 0 Å². The Labute approximate surface area is 195 Å². The number of allylic oxidation sites excluding steroid dienone is 2. The molecule has 1 rings (SSSR count). The molecule has 0 heterocycles. The van der Waals surface area contributed by atoms with Crippen LogP contribution in [-0.2, 0) is 23.9 Å². The van der Waals surface area contributed by atoms with Crippen molar-refractivity contribution in [2.45, 2.75) is 13.8 Å². The molecule has 12 heteroatoms. The average molecular weight is 480 g/mol. The van der Waals surface area contributed by atoms with Gasteiger partial charge in [-0.3, -0.25) is 19.2 Å². The molecule has 0 saturated heterocycles. The molecule has 0 fully saturated rings. The first kappa shape index (κ1) is 27.8. The van der Waals surface area contributed by atoms with Crippen molar-refractivity contribution in [3.05, 3.63) is 47.9 Å². The molecule has 0 radical (unpaired) electrons. The van der Waals surface area contributed by atoms with E-state index in [4.69, 9.17) is 29.9 Å². The minimum atomic E-state index is -1.21. The zero-order valence-corrected chi connectivity index (χ0v) is 18.8. The van der Waals surface area contributed by atoms with Gasteiger partial charge in [-0.25, -0.2) is 0 Å². The van der Waals surface area contributed by atoms with E-state index in [1.807, 2.05) is 0 Å². The van der Waals surface area contributed by atoms with Crippen molar-refractivity contribution in [1.82, 2.24) is 4.90 Å². The molecule has 0 aliphatic heterocycles. The Bertz CT molecular complexity index is 909. The molecule has 0 unspecified atom stereocenters. The molecule has 12 nitrogen and oxygen atoms in total. The Morgan fingerprint density at radius 3 is 1.79 bits per heavy atom. The van der Waals surface area contributed by atoms with Gasteiger partial charge in [0.25, 0.3) is 0 Å². The molecule has 0 aliphatic carbocycles. The zero-order chi connectivity index (χ0) is 25.7. The zero-order valence-electron chi connectivity index (χ0n) is 18.8. The summed E-state index contributed by atoms with van der Waals surface area (Å²) in [4.78, 5) is 46.9. The van der Waals surface area contributed by atoms with Gasteiger partial charge < -0.3 is 39.7 Å². The van der Waals surface area contributed by atoms with Crippen molar-refractivity contribution < 1.29 is 49.1 Å². The van der Waals surface area contributed by atoms with Gasteiger partial charge in [0.2, 0.25) is 0 Å². The van der Waals surface area contributed by atoms with Crippen LogP contribution < -0.4 is 9.64 Å². The van der Waals surface area contributed by atoms with Gasteiger partial charge in [-0.15, -0.1) is 0 Å². The number of nitrogens with zero attached hydrogens (tertiary/aromatic N) is 2. The van der Waals surface area contributed by atoms with E-state index in [9.17, 15) is 19.2 Å². The first-order chi connectivity index (χ1) is 16.1. The molecule has 0 spiro atoms. The fourth-order valence-electron chi connectivity index (χ4n) is 3.04. The van der Waals surface area contributed by atoms with Gasteiger partial charge in [-0.1, -0.05) is 18.2 Å². The number of hydrogen-bond acceptors (Lipinski definition) is 8. The smallest absolute Gasteiger partial charge is 0.323 e. The third-order valence-electron chi connectivity index (χ3n) is 4.24. The third kappa shape index (κ3) is 9.51. The Morgan fingerprint density at radius 1 is 0.794 bits per heavy atom. The van der Waals surface area contributed by atoms with Gasteiger partial charge in [-0.05, 0) is 32.1 Å². The van der Waals surface area contributed by atoms with Gasteiger partial charge in [0, 0.05) is 0 Å². The van der Waals surface area contributed by atoms with E-state index in [-0.39, 0.29) is 36.1 Å². The van der Waals surface area contributed by atoms with Crippen LogP contribution >= 0.6 is 0 Å². The molecule has 1 aromatic rings. The highest BCUT2D eigenvalue weighted by atomic mass is 16.5. The van der Waals surface area contributed by atoms with Crippen molar-refractivity contribution >= 4 is 29.6 Å². The van der Waals surface area contributed by atoms with Gasteiger partial charge in [0.05, 0.1) is 11.4 Å². The van der Waals surface area contributed by atoms with Crippen LogP contribution in [0.5, 0.6) is 5.75 Å². The normalized spacial score (nSPS) is 11.5. The van der Waals surface area contributed by atoms with Crippen molar-refractivity contribution in [2.75, 3.05) is 44.3 Å². The molecule has 4 N–H and O–H groups in total. The number of benzene rings is 1. The molecule has 0 amide bonds. The fraction of sp³-hybridized carbons (Fsp3) is 0.364. The van der Waals surface area contributed by atoms with Gasteiger partial charge in [0.1, 0.15) is 50.9 Å². The topological polar surface area (TPSA) is 174 Å². The molecular weight excluding hydrogens is 452 g/mol. The third-order valence-corrected chi connectivity index (χ3v) is 4.24. The summed E-state index contributed by atoms with van der Waals surface area (Å²) in [6.07, 6.45) is 3.09. The van der Waals surface area contributed by atoms with E-state index >= 15 is 0 Å². The minimum absolute atomic E-state index is 0.0167. The van der Waals surface area contributed by atoms with Crippen LogP contribution in [-0.4, -0.2) is 88.6 Å². The first-order valence-corrected chi connectivity index (χ1v) is 10.1. The second kappa shape index (κ2) is 14.0. The quantitative estimate of drug-likeness (QED) is 0.152. The van der Waals surface area contributed by atoms with E-state index in [0.717, 1.165) is 9.80 Å². The maximum Gasteiger partial charge on any atom is 0.323 e. The van der Waals surface area contributed by atoms with E-state index < -0.39 is 50.1 Å². The summed E-state index contributed by atoms with van der Waals surface area (Å²) < 4.78 is 11.4. The fourth-order valence-corrected chi connectivity index (χ4v) is 3.04. The van der Waals surface area contributed by atoms with Gasteiger partial charge in [-0.2, -0.15) is 0 Å². The van der Waals surface area contributed by atoms with Crippen LogP contribution in [0.3, 0.4) is 0 Å². The van der Waals surface area contributed by atoms with Gasteiger partial charge in [0.15, 0.2) is 0 Å². The molecule has 0 atom stereocenters. The molecule has 0 bridgehead atoms. The predicted molar refractivity (Wildman–Crippen MR) is 120 cm³/mol. The Morgan fingerprint density at radius 2 is 1.32 bits per heavy atom. The van der Waals surface area contributed by atoms with Crippen molar-refractivity contribution in [2.24, 2.45) is 0 Å². The second-order valence-corrected chi connectivity index (χ2v) is 6.78. The Balaban J connectivity index is 2.89. The average Bonchev–Trinajstić information content (AvgIpc) is 2.74. The number of hydrogen-bond donors (Lipinski definition) is 4. The van der Waals surface area contributed by atoms with E-state index in [1.165, 1.54) is 12.1 Å². The Hall–Kier alpha value is -4.22. The molecule has 1 aromatic carbocycles. The summed E-state index contributed by atoms with van der Waals surface area (Å²) in [5.41, 5.74) is 0.559. The van der Waals surface area contributed by atoms with Crippen LogP contribution in [0.1, 0.15) is 13.8 Å².